The van der Waals surface area contributed by atoms with Gasteiger partial charge in [0.15, 0.2) is 0 Å². The molecule has 0 unspecified atom stereocenters. The number of rotatable bonds is 6. The largest absolute Gasteiger partial charge is 0.370 e. The Hall–Kier alpha value is -1.12. The summed E-state index contributed by atoms with van der Waals surface area (Å²) in [7, 11) is 0. The van der Waals surface area contributed by atoms with E-state index in [4.69, 9.17) is 4.98 Å². The van der Waals surface area contributed by atoms with Crippen LogP contribution in [0.5, 0.6) is 0 Å². The van der Waals surface area contributed by atoms with Crippen molar-refractivity contribution in [3.63, 3.8) is 0 Å². The van der Waals surface area contributed by atoms with E-state index in [-0.39, 0.29) is 0 Å². The van der Waals surface area contributed by atoms with E-state index in [0.717, 1.165) is 24.6 Å². The third-order valence-electron chi connectivity index (χ3n) is 3.32. The molecule has 1 aromatic heterocycles. The molecule has 1 N–H and O–H groups in total. The summed E-state index contributed by atoms with van der Waals surface area (Å²) in [6.07, 6.45) is 6.05. The van der Waals surface area contributed by atoms with Gasteiger partial charge in [-0.15, -0.1) is 0 Å². The summed E-state index contributed by atoms with van der Waals surface area (Å²) in [5.74, 6) is 2.75. The van der Waals surface area contributed by atoms with E-state index in [1.54, 1.807) is 0 Å². The van der Waals surface area contributed by atoms with E-state index in [0.29, 0.717) is 5.92 Å². The van der Waals surface area contributed by atoms with Crippen molar-refractivity contribution >= 4 is 5.82 Å². The number of unbranched alkanes of at least 4 members (excludes halogenated alkanes) is 1. The quantitative estimate of drug-likeness (QED) is 0.818. The smallest absolute Gasteiger partial charge is 0.134 e. The molecule has 1 aliphatic carbocycles. The molecule has 1 saturated carbocycles. The van der Waals surface area contributed by atoms with Gasteiger partial charge in [-0.2, -0.15) is 0 Å². The van der Waals surface area contributed by atoms with Gasteiger partial charge < -0.3 is 5.32 Å². The Balaban J connectivity index is 2.27. The maximum Gasteiger partial charge on any atom is 0.134 e. The van der Waals surface area contributed by atoms with Crippen LogP contribution in [0.4, 0.5) is 5.82 Å². The molecule has 1 aromatic rings. The molecule has 3 heteroatoms. The van der Waals surface area contributed by atoms with Crippen LogP contribution in [0.2, 0.25) is 0 Å². The van der Waals surface area contributed by atoms with Crippen LogP contribution in [-0.2, 0) is 6.42 Å². The van der Waals surface area contributed by atoms with E-state index in [9.17, 15) is 0 Å². The highest BCUT2D eigenvalue weighted by Crippen LogP contribution is 2.39. The number of anilines is 1. The Morgan fingerprint density at radius 3 is 2.59 bits per heavy atom. The lowest BCUT2D eigenvalue weighted by molar-refractivity contribution is 0.753. The Labute approximate surface area is 104 Å². The predicted octanol–water partition coefficient (Wildman–Crippen LogP) is 3.44. The fourth-order valence-corrected chi connectivity index (χ4v) is 2.03. The second-order valence-electron chi connectivity index (χ2n) is 4.91. The summed E-state index contributed by atoms with van der Waals surface area (Å²) in [5.41, 5.74) is 2.49. The zero-order chi connectivity index (χ0) is 12.3. The summed E-state index contributed by atoms with van der Waals surface area (Å²) >= 11 is 0. The molecule has 94 valence electrons. The Kier molecular flexibility index (Phi) is 3.97. The lowest BCUT2D eigenvalue weighted by atomic mass is 10.1. The van der Waals surface area contributed by atoms with Crippen molar-refractivity contribution in [1.29, 1.82) is 0 Å². The van der Waals surface area contributed by atoms with Crippen molar-refractivity contribution in [3.8, 4) is 0 Å². The lowest BCUT2D eigenvalue weighted by Crippen LogP contribution is -2.09. The summed E-state index contributed by atoms with van der Waals surface area (Å²) in [4.78, 5) is 9.43. The van der Waals surface area contributed by atoms with Gasteiger partial charge >= 0.3 is 0 Å². The molecule has 2 rings (SSSR count). The first-order valence-electron chi connectivity index (χ1n) is 6.87. The van der Waals surface area contributed by atoms with Crippen molar-refractivity contribution in [2.24, 2.45) is 0 Å². The van der Waals surface area contributed by atoms with E-state index in [1.165, 1.54) is 36.9 Å². The SMILES string of the molecule is CCCCc1nc(C2CC2)nc(NCC)c1C. The van der Waals surface area contributed by atoms with Crippen molar-refractivity contribution in [2.45, 2.75) is 58.8 Å². The number of hydrogen-bond acceptors (Lipinski definition) is 3. The van der Waals surface area contributed by atoms with Crippen LogP contribution in [0.25, 0.3) is 0 Å². The highest BCUT2D eigenvalue weighted by molar-refractivity contribution is 5.46. The third kappa shape index (κ3) is 2.96. The van der Waals surface area contributed by atoms with Crippen LogP contribution in [0.3, 0.4) is 0 Å². The summed E-state index contributed by atoms with van der Waals surface area (Å²) < 4.78 is 0. The maximum atomic E-state index is 4.76. The van der Waals surface area contributed by atoms with Crippen molar-refractivity contribution in [1.82, 2.24) is 9.97 Å². The molecular weight excluding hydrogens is 210 g/mol. The summed E-state index contributed by atoms with van der Waals surface area (Å²) in [6.45, 7) is 7.41. The molecule has 0 spiro atoms. The predicted molar refractivity (Wildman–Crippen MR) is 71.5 cm³/mol. The van der Waals surface area contributed by atoms with Crippen molar-refractivity contribution < 1.29 is 0 Å². The van der Waals surface area contributed by atoms with Crippen molar-refractivity contribution in [2.75, 3.05) is 11.9 Å². The van der Waals surface area contributed by atoms with Gasteiger partial charge in [0.2, 0.25) is 0 Å². The molecule has 0 bridgehead atoms. The molecular formula is C14H23N3. The van der Waals surface area contributed by atoms with Gasteiger partial charge in [0.25, 0.3) is 0 Å². The topological polar surface area (TPSA) is 37.8 Å². The lowest BCUT2D eigenvalue weighted by Gasteiger charge is -2.12. The molecule has 0 atom stereocenters. The van der Waals surface area contributed by atoms with Gasteiger partial charge in [-0.25, -0.2) is 9.97 Å². The summed E-state index contributed by atoms with van der Waals surface area (Å²) in [6, 6.07) is 0. The zero-order valence-electron chi connectivity index (χ0n) is 11.2. The van der Waals surface area contributed by atoms with Gasteiger partial charge in [-0.1, -0.05) is 13.3 Å². The first-order chi connectivity index (χ1) is 8.26. The molecule has 0 aromatic carbocycles. The number of aromatic nitrogens is 2. The molecule has 0 aliphatic heterocycles. The van der Waals surface area contributed by atoms with Gasteiger partial charge in [0.05, 0.1) is 0 Å². The second kappa shape index (κ2) is 5.48. The number of nitrogens with one attached hydrogen (secondary N) is 1. The van der Waals surface area contributed by atoms with Crippen LogP contribution in [0.1, 0.15) is 62.5 Å². The Morgan fingerprint density at radius 1 is 1.24 bits per heavy atom. The van der Waals surface area contributed by atoms with Crippen LogP contribution < -0.4 is 5.32 Å². The number of aryl methyl sites for hydroxylation is 1. The van der Waals surface area contributed by atoms with Crippen LogP contribution in [0, 0.1) is 6.92 Å². The monoisotopic (exact) mass is 233 g/mol. The fourth-order valence-electron chi connectivity index (χ4n) is 2.03. The van der Waals surface area contributed by atoms with Crippen LogP contribution in [0.15, 0.2) is 0 Å². The highest BCUT2D eigenvalue weighted by atomic mass is 15.0. The summed E-state index contributed by atoms with van der Waals surface area (Å²) in [5, 5.41) is 3.36. The van der Waals surface area contributed by atoms with Crippen LogP contribution >= 0.6 is 0 Å². The van der Waals surface area contributed by atoms with E-state index < -0.39 is 0 Å². The molecule has 17 heavy (non-hydrogen) atoms. The standard InChI is InChI=1S/C14H23N3/c1-4-6-7-12-10(3)13(15-5-2)17-14(16-12)11-8-9-11/h11H,4-9H2,1-3H3,(H,15,16,17). The second-order valence-corrected chi connectivity index (χ2v) is 4.91. The Bertz CT molecular complexity index is 383. The minimum Gasteiger partial charge on any atom is -0.370 e. The molecule has 0 amide bonds. The highest BCUT2D eigenvalue weighted by Gasteiger charge is 2.27. The molecule has 1 fully saturated rings. The molecule has 1 heterocycles. The average Bonchev–Trinajstić information content (AvgIpc) is 3.14. The molecule has 0 saturated heterocycles. The molecule has 3 nitrogen and oxygen atoms in total. The minimum atomic E-state index is 0.633. The fraction of sp³-hybridized carbons (Fsp3) is 0.714. The number of nitrogens with zero attached hydrogens (tertiary/aromatic N) is 2. The van der Waals surface area contributed by atoms with Gasteiger partial charge in [-0.05, 0) is 39.5 Å². The van der Waals surface area contributed by atoms with E-state index in [1.807, 2.05) is 0 Å². The van der Waals surface area contributed by atoms with Crippen molar-refractivity contribution in [3.05, 3.63) is 17.1 Å². The first-order valence-corrected chi connectivity index (χ1v) is 6.87. The normalized spacial score (nSPS) is 15.0. The first kappa shape index (κ1) is 12.3. The number of hydrogen-bond donors (Lipinski definition) is 1. The van der Waals surface area contributed by atoms with Gasteiger partial charge in [0.1, 0.15) is 11.6 Å². The molecule has 0 radical (unpaired) electrons. The van der Waals surface area contributed by atoms with Crippen LogP contribution in [-0.4, -0.2) is 16.5 Å². The minimum absolute atomic E-state index is 0.633. The van der Waals surface area contributed by atoms with E-state index in [2.05, 4.69) is 31.1 Å². The third-order valence-corrected chi connectivity index (χ3v) is 3.32. The zero-order valence-corrected chi connectivity index (χ0v) is 11.2. The Morgan fingerprint density at radius 2 is 2.00 bits per heavy atom. The van der Waals surface area contributed by atoms with Gasteiger partial charge in [0, 0.05) is 23.7 Å². The molecule has 1 aliphatic rings. The van der Waals surface area contributed by atoms with E-state index >= 15 is 0 Å². The average molecular weight is 233 g/mol. The maximum absolute atomic E-state index is 4.76. The van der Waals surface area contributed by atoms with Gasteiger partial charge in [-0.3, -0.25) is 0 Å².